The third kappa shape index (κ3) is 4.47. The molecule has 1 heterocycles. The largest absolute Gasteiger partial charge is 0.456 e. The first-order valence-corrected chi connectivity index (χ1v) is 10.4. The number of nitrogens with one attached hydrogen (secondary N) is 2. The second-order valence-corrected chi connectivity index (χ2v) is 8.33. The summed E-state index contributed by atoms with van der Waals surface area (Å²) >= 11 is 0. The number of ether oxygens (including phenoxy) is 1. The molecule has 8 heteroatoms. The summed E-state index contributed by atoms with van der Waals surface area (Å²) in [6.45, 7) is 5.51. The molecule has 1 saturated heterocycles. The minimum atomic E-state index is -0.789. The Hall–Kier alpha value is -2.90. The number of urea groups is 1. The first-order chi connectivity index (χ1) is 14.2. The number of hydrogen-bond acceptors (Lipinski definition) is 5. The lowest BCUT2D eigenvalue weighted by atomic mass is 9.98. The number of nitrogens with zero attached hydrogens (tertiary/aromatic N) is 1. The fourth-order valence-electron chi connectivity index (χ4n) is 4.14. The van der Waals surface area contributed by atoms with Crippen molar-refractivity contribution in [3.63, 3.8) is 0 Å². The van der Waals surface area contributed by atoms with Crippen LogP contribution in [0.4, 0.5) is 10.5 Å². The van der Waals surface area contributed by atoms with Crippen molar-refractivity contribution in [3.05, 3.63) is 29.3 Å². The van der Waals surface area contributed by atoms with Crippen LogP contribution in [0.2, 0.25) is 0 Å². The minimum Gasteiger partial charge on any atom is -0.456 e. The molecule has 162 valence electrons. The first-order valence-electron chi connectivity index (χ1n) is 10.4. The summed E-state index contributed by atoms with van der Waals surface area (Å²) in [5, 5.41) is 5.59. The number of esters is 1. The maximum atomic E-state index is 12.6. The Morgan fingerprint density at radius 2 is 1.93 bits per heavy atom. The molecule has 1 aliphatic heterocycles. The average molecular weight is 415 g/mol. The van der Waals surface area contributed by atoms with Gasteiger partial charge in [0.1, 0.15) is 5.54 Å². The van der Waals surface area contributed by atoms with E-state index < -0.39 is 30.1 Å². The predicted octanol–water partition coefficient (Wildman–Crippen LogP) is 2.85. The van der Waals surface area contributed by atoms with E-state index in [9.17, 15) is 19.2 Å². The van der Waals surface area contributed by atoms with E-state index in [1.54, 1.807) is 0 Å². The highest BCUT2D eigenvalue weighted by Gasteiger charge is 2.52. The van der Waals surface area contributed by atoms with Crippen LogP contribution in [0.25, 0.3) is 0 Å². The van der Waals surface area contributed by atoms with Gasteiger partial charge in [-0.2, -0.15) is 0 Å². The Morgan fingerprint density at radius 3 is 2.60 bits per heavy atom. The fraction of sp³-hybridized carbons (Fsp3) is 0.545. The molecule has 2 fully saturated rings. The number of para-hydroxylation sites is 1. The summed E-state index contributed by atoms with van der Waals surface area (Å²) < 4.78 is 5.04. The predicted molar refractivity (Wildman–Crippen MR) is 111 cm³/mol. The zero-order chi connectivity index (χ0) is 21.9. The molecule has 8 nitrogen and oxygen atoms in total. The number of imide groups is 1. The number of carbonyl (C=O) groups excluding carboxylic acids is 4. The number of benzene rings is 1. The fourth-order valence-corrected chi connectivity index (χ4v) is 4.14. The summed E-state index contributed by atoms with van der Waals surface area (Å²) in [6.07, 6.45) is 2.92. The van der Waals surface area contributed by atoms with Crippen LogP contribution in [-0.4, -0.2) is 47.4 Å². The molecule has 30 heavy (non-hydrogen) atoms. The zero-order valence-electron chi connectivity index (χ0n) is 17.7. The number of rotatable bonds is 7. The van der Waals surface area contributed by atoms with Crippen molar-refractivity contribution in [1.82, 2.24) is 10.2 Å². The lowest BCUT2D eigenvalue weighted by Crippen LogP contribution is -2.44. The van der Waals surface area contributed by atoms with Gasteiger partial charge in [0.05, 0.1) is 6.42 Å². The molecule has 0 unspecified atom stereocenters. The highest BCUT2D eigenvalue weighted by atomic mass is 16.5. The van der Waals surface area contributed by atoms with Crippen molar-refractivity contribution in [2.24, 2.45) is 0 Å². The van der Waals surface area contributed by atoms with E-state index in [4.69, 9.17) is 4.74 Å². The van der Waals surface area contributed by atoms with Crippen LogP contribution in [0.1, 0.15) is 63.0 Å². The van der Waals surface area contributed by atoms with Gasteiger partial charge in [-0.05, 0) is 36.8 Å². The highest BCUT2D eigenvalue weighted by Crippen LogP contribution is 2.35. The van der Waals surface area contributed by atoms with Crippen LogP contribution in [0.3, 0.4) is 0 Å². The van der Waals surface area contributed by atoms with Gasteiger partial charge in [-0.25, -0.2) is 4.79 Å². The molecule has 0 aromatic heterocycles. The molecule has 1 aliphatic carbocycles. The Labute approximate surface area is 176 Å². The molecule has 0 atom stereocenters. The summed E-state index contributed by atoms with van der Waals surface area (Å²) in [6, 6.07) is 5.33. The minimum absolute atomic E-state index is 0.0534. The van der Waals surface area contributed by atoms with E-state index in [-0.39, 0.29) is 24.8 Å². The first kappa shape index (κ1) is 21.8. The van der Waals surface area contributed by atoms with Crippen LogP contribution < -0.4 is 10.6 Å². The van der Waals surface area contributed by atoms with E-state index in [1.807, 2.05) is 39.0 Å². The van der Waals surface area contributed by atoms with Crippen molar-refractivity contribution >= 4 is 29.5 Å². The van der Waals surface area contributed by atoms with Crippen LogP contribution in [0.5, 0.6) is 0 Å². The second-order valence-electron chi connectivity index (χ2n) is 8.33. The highest BCUT2D eigenvalue weighted by molar-refractivity contribution is 6.07. The van der Waals surface area contributed by atoms with Crippen molar-refractivity contribution in [2.45, 2.75) is 64.3 Å². The Bertz CT molecular complexity index is 858. The molecule has 3 rings (SSSR count). The number of aryl methyl sites for hydroxylation is 1. The van der Waals surface area contributed by atoms with Gasteiger partial charge < -0.3 is 15.4 Å². The number of amides is 4. The van der Waals surface area contributed by atoms with E-state index in [0.29, 0.717) is 12.8 Å². The standard InChI is InChI=1S/C22H29N3O5/c1-14(2)16-8-6-7-15(3)19(16)23-17(26)13-30-18(27)9-12-25-20(28)22(24-21(25)29)10-4-5-11-22/h6-8,14H,4-5,9-13H2,1-3H3,(H,23,26)(H,24,29). The van der Waals surface area contributed by atoms with Crippen LogP contribution >= 0.6 is 0 Å². The van der Waals surface area contributed by atoms with Crippen LogP contribution in [0.15, 0.2) is 18.2 Å². The van der Waals surface area contributed by atoms with E-state index in [1.165, 1.54) is 0 Å². The molecule has 1 saturated carbocycles. The third-order valence-corrected chi connectivity index (χ3v) is 5.80. The topological polar surface area (TPSA) is 105 Å². The Kier molecular flexibility index (Phi) is 6.43. The van der Waals surface area contributed by atoms with E-state index in [0.717, 1.165) is 34.6 Å². The Balaban J connectivity index is 1.48. The molecule has 4 amide bonds. The van der Waals surface area contributed by atoms with Gasteiger partial charge in [0.2, 0.25) is 0 Å². The van der Waals surface area contributed by atoms with Crippen molar-refractivity contribution in [3.8, 4) is 0 Å². The number of hydrogen-bond donors (Lipinski definition) is 2. The normalized spacial score (nSPS) is 17.5. The number of anilines is 1. The summed E-state index contributed by atoms with van der Waals surface area (Å²) in [5.74, 6) is -1.10. The monoisotopic (exact) mass is 415 g/mol. The molecule has 1 aromatic carbocycles. The third-order valence-electron chi connectivity index (χ3n) is 5.80. The molecule has 1 aromatic rings. The summed E-state index contributed by atoms with van der Waals surface area (Å²) in [4.78, 5) is 50.1. The maximum Gasteiger partial charge on any atom is 0.325 e. The molecule has 2 aliphatic rings. The molecule has 0 radical (unpaired) electrons. The summed E-state index contributed by atoms with van der Waals surface area (Å²) in [7, 11) is 0. The van der Waals surface area contributed by atoms with Crippen molar-refractivity contribution in [2.75, 3.05) is 18.5 Å². The number of carbonyl (C=O) groups is 4. The van der Waals surface area contributed by atoms with Gasteiger partial charge in [-0.3, -0.25) is 19.3 Å². The maximum absolute atomic E-state index is 12.6. The quantitative estimate of drug-likeness (QED) is 0.526. The van der Waals surface area contributed by atoms with Gasteiger partial charge >= 0.3 is 12.0 Å². The van der Waals surface area contributed by atoms with Gasteiger partial charge in [-0.15, -0.1) is 0 Å². The van der Waals surface area contributed by atoms with Crippen molar-refractivity contribution in [1.29, 1.82) is 0 Å². The lowest BCUT2D eigenvalue weighted by molar-refractivity contribution is -0.147. The van der Waals surface area contributed by atoms with Gasteiger partial charge in [0, 0.05) is 12.2 Å². The van der Waals surface area contributed by atoms with Crippen molar-refractivity contribution < 1.29 is 23.9 Å². The molecular weight excluding hydrogens is 386 g/mol. The molecule has 0 bridgehead atoms. The van der Waals surface area contributed by atoms with Crippen LogP contribution in [0, 0.1) is 6.92 Å². The zero-order valence-corrected chi connectivity index (χ0v) is 17.7. The Morgan fingerprint density at radius 1 is 1.23 bits per heavy atom. The smallest absolute Gasteiger partial charge is 0.325 e. The summed E-state index contributed by atoms with van der Waals surface area (Å²) in [5.41, 5.74) is 1.88. The average Bonchev–Trinajstić information content (AvgIpc) is 3.25. The lowest BCUT2D eigenvalue weighted by Gasteiger charge is -2.19. The van der Waals surface area contributed by atoms with Gasteiger partial charge in [-0.1, -0.05) is 44.9 Å². The van der Waals surface area contributed by atoms with Gasteiger partial charge in [0.25, 0.3) is 11.8 Å². The van der Waals surface area contributed by atoms with E-state index in [2.05, 4.69) is 10.6 Å². The molecule has 1 spiro atoms. The van der Waals surface area contributed by atoms with E-state index >= 15 is 0 Å². The van der Waals surface area contributed by atoms with Crippen LogP contribution in [-0.2, 0) is 19.1 Å². The van der Waals surface area contributed by atoms with Gasteiger partial charge in [0.15, 0.2) is 6.61 Å². The SMILES string of the molecule is Cc1cccc(C(C)C)c1NC(=O)COC(=O)CCN1C(=O)NC2(CCCC2)C1=O. The molecule has 2 N–H and O–H groups in total. The second kappa shape index (κ2) is 8.85. The molecular formula is C22H29N3O5.